The number of carbonyl (C=O) groups excluding carboxylic acids is 1. The van der Waals surface area contributed by atoms with Crippen LogP contribution in [0.1, 0.15) is 39.5 Å². The third-order valence-electron chi connectivity index (χ3n) is 3.40. The zero-order chi connectivity index (χ0) is 12.1. The molecule has 1 rings (SSSR count). The molecule has 3 atom stereocenters. The lowest BCUT2D eigenvalue weighted by atomic mass is 9.96. The first kappa shape index (κ1) is 13.5. The van der Waals surface area contributed by atoms with Crippen LogP contribution >= 0.6 is 0 Å². The number of nitrogens with two attached hydrogens (primary N) is 1. The Balaban J connectivity index is 2.56. The van der Waals surface area contributed by atoms with Crippen molar-refractivity contribution in [3.8, 4) is 0 Å². The van der Waals surface area contributed by atoms with Crippen molar-refractivity contribution in [2.45, 2.75) is 57.7 Å². The van der Waals surface area contributed by atoms with E-state index in [1.807, 2.05) is 4.90 Å². The molecule has 0 radical (unpaired) electrons. The number of hydrogen-bond acceptors (Lipinski definition) is 3. The van der Waals surface area contributed by atoms with Crippen LogP contribution in [-0.2, 0) is 9.53 Å². The van der Waals surface area contributed by atoms with E-state index in [1.54, 1.807) is 7.11 Å². The number of likely N-dealkylation sites (tertiary alicyclic amines) is 1. The third-order valence-corrected chi connectivity index (χ3v) is 3.40. The smallest absolute Gasteiger partial charge is 0.240 e. The molecular weight excluding hydrogens is 204 g/mol. The minimum absolute atomic E-state index is 0.0803. The molecule has 0 saturated carbocycles. The minimum atomic E-state index is -0.414. The molecule has 1 amide bonds. The number of methoxy groups -OCH3 is 1. The highest BCUT2D eigenvalue weighted by Gasteiger charge is 2.31. The lowest BCUT2D eigenvalue weighted by Crippen LogP contribution is -2.53. The molecule has 0 aromatic rings. The van der Waals surface area contributed by atoms with Crippen molar-refractivity contribution < 1.29 is 9.53 Å². The van der Waals surface area contributed by atoms with E-state index in [0.717, 1.165) is 12.8 Å². The molecule has 1 saturated heterocycles. The van der Waals surface area contributed by atoms with Crippen molar-refractivity contribution in [3.05, 3.63) is 0 Å². The van der Waals surface area contributed by atoms with Crippen molar-refractivity contribution in [3.63, 3.8) is 0 Å². The molecule has 1 aliphatic rings. The maximum Gasteiger partial charge on any atom is 0.240 e. The summed E-state index contributed by atoms with van der Waals surface area (Å²) in [5, 5.41) is 0. The Hall–Kier alpha value is -0.610. The van der Waals surface area contributed by atoms with Gasteiger partial charge in [-0.05, 0) is 39.5 Å². The molecule has 1 heterocycles. The highest BCUT2D eigenvalue weighted by Crippen LogP contribution is 2.23. The lowest BCUT2D eigenvalue weighted by Gasteiger charge is -2.40. The molecule has 0 aromatic carbocycles. The second-order valence-corrected chi connectivity index (χ2v) is 4.76. The zero-order valence-electron chi connectivity index (χ0n) is 10.6. The van der Waals surface area contributed by atoms with Crippen LogP contribution in [0.15, 0.2) is 0 Å². The predicted octanol–water partition coefficient (Wildman–Crippen LogP) is 1.14. The Morgan fingerprint density at radius 3 is 2.50 bits per heavy atom. The Labute approximate surface area is 98.1 Å². The second kappa shape index (κ2) is 6.21. The molecule has 4 nitrogen and oxygen atoms in total. The topological polar surface area (TPSA) is 55.6 Å². The molecule has 0 aromatic heterocycles. The van der Waals surface area contributed by atoms with Gasteiger partial charge in [-0.1, -0.05) is 0 Å². The van der Waals surface area contributed by atoms with Crippen molar-refractivity contribution in [2.24, 2.45) is 5.73 Å². The van der Waals surface area contributed by atoms with E-state index in [9.17, 15) is 4.79 Å². The standard InChI is InChI=1S/C12H24N2O2/c1-9-5-4-6-10(2)14(9)12(15)11(13)7-8-16-3/h9-11H,4-8,13H2,1-3H3. The summed E-state index contributed by atoms with van der Waals surface area (Å²) in [7, 11) is 1.63. The number of nitrogens with zero attached hydrogens (tertiary/aromatic N) is 1. The van der Waals surface area contributed by atoms with E-state index in [4.69, 9.17) is 10.5 Å². The zero-order valence-corrected chi connectivity index (χ0v) is 10.6. The quantitative estimate of drug-likeness (QED) is 0.785. The van der Waals surface area contributed by atoms with Crippen molar-refractivity contribution >= 4 is 5.91 Å². The van der Waals surface area contributed by atoms with Crippen molar-refractivity contribution in [2.75, 3.05) is 13.7 Å². The monoisotopic (exact) mass is 228 g/mol. The van der Waals surface area contributed by atoms with E-state index in [1.165, 1.54) is 6.42 Å². The van der Waals surface area contributed by atoms with Crippen LogP contribution in [0.4, 0.5) is 0 Å². The summed E-state index contributed by atoms with van der Waals surface area (Å²) in [5.41, 5.74) is 5.89. The SMILES string of the molecule is COCCC(N)C(=O)N1C(C)CCCC1C. The van der Waals surface area contributed by atoms with Crippen LogP contribution in [0.25, 0.3) is 0 Å². The number of rotatable bonds is 4. The van der Waals surface area contributed by atoms with Gasteiger partial charge < -0.3 is 15.4 Å². The lowest BCUT2D eigenvalue weighted by molar-refractivity contribution is -0.139. The number of ether oxygens (including phenoxy) is 1. The van der Waals surface area contributed by atoms with Gasteiger partial charge in [0, 0.05) is 25.8 Å². The van der Waals surface area contributed by atoms with Gasteiger partial charge in [-0.25, -0.2) is 0 Å². The Kier molecular flexibility index (Phi) is 5.22. The Bertz CT molecular complexity index is 223. The second-order valence-electron chi connectivity index (χ2n) is 4.76. The van der Waals surface area contributed by atoms with Gasteiger partial charge in [0.1, 0.15) is 0 Å². The molecule has 0 spiro atoms. The fourth-order valence-corrected chi connectivity index (χ4v) is 2.42. The third kappa shape index (κ3) is 3.19. The fraction of sp³-hybridized carbons (Fsp3) is 0.917. The summed E-state index contributed by atoms with van der Waals surface area (Å²) in [4.78, 5) is 14.1. The van der Waals surface area contributed by atoms with Crippen LogP contribution in [0.5, 0.6) is 0 Å². The molecule has 1 aliphatic heterocycles. The normalized spacial score (nSPS) is 27.9. The van der Waals surface area contributed by atoms with Gasteiger partial charge in [0.05, 0.1) is 6.04 Å². The highest BCUT2D eigenvalue weighted by atomic mass is 16.5. The summed E-state index contributed by atoms with van der Waals surface area (Å²) >= 11 is 0. The van der Waals surface area contributed by atoms with Crippen LogP contribution in [0, 0.1) is 0 Å². The highest BCUT2D eigenvalue weighted by molar-refractivity contribution is 5.82. The summed E-state index contributed by atoms with van der Waals surface area (Å²) < 4.78 is 4.95. The van der Waals surface area contributed by atoms with E-state index in [0.29, 0.717) is 25.1 Å². The average molecular weight is 228 g/mol. The largest absolute Gasteiger partial charge is 0.385 e. The first-order chi connectivity index (χ1) is 7.57. The molecule has 0 aliphatic carbocycles. The predicted molar refractivity (Wildman–Crippen MR) is 64.1 cm³/mol. The summed E-state index contributed by atoms with van der Waals surface area (Å²) in [6.07, 6.45) is 3.99. The minimum Gasteiger partial charge on any atom is -0.385 e. The van der Waals surface area contributed by atoms with E-state index in [-0.39, 0.29) is 5.91 Å². The van der Waals surface area contributed by atoms with Crippen LogP contribution in [0.2, 0.25) is 0 Å². The number of carbonyl (C=O) groups is 1. The number of amides is 1. The Morgan fingerprint density at radius 1 is 1.44 bits per heavy atom. The molecule has 1 fully saturated rings. The van der Waals surface area contributed by atoms with Gasteiger partial charge in [0.2, 0.25) is 5.91 Å². The molecule has 0 bridgehead atoms. The first-order valence-electron chi connectivity index (χ1n) is 6.14. The van der Waals surface area contributed by atoms with Crippen molar-refractivity contribution in [1.82, 2.24) is 4.90 Å². The van der Waals surface area contributed by atoms with Gasteiger partial charge in [-0.15, -0.1) is 0 Å². The molecule has 16 heavy (non-hydrogen) atoms. The molecule has 3 unspecified atom stereocenters. The average Bonchev–Trinajstić information content (AvgIpc) is 2.25. The van der Waals surface area contributed by atoms with E-state index < -0.39 is 6.04 Å². The Morgan fingerprint density at radius 2 is 2.00 bits per heavy atom. The molecular formula is C12H24N2O2. The summed E-state index contributed by atoms with van der Waals surface area (Å²) in [6, 6.07) is 0.234. The molecule has 4 heteroatoms. The molecule has 2 N–H and O–H groups in total. The van der Waals surface area contributed by atoms with Gasteiger partial charge in [-0.3, -0.25) is 4.79 Å². The van der Waals surface area contributed by atoms with Gasteiger partial charge >= 0.3 is 0 Å². The molecule has 94 valence electrons. The van der Waals surface area contributed by atoms with Gasteiger partial charge in [0.15, 0.2) is 0 Å². The summed E-state index contributed by atoms with van der Waals surface area (Å²) in [6.45, 7) is 4.76. The maximum atomic E-state index is 12.2. The first-order valence-corrected chi connectivity index (χ1v) is 6.14. The van der Waals surface area contributed by atoms with Gasteiger partial charge in [0.25, 0.3) is 0 Å². The van der Waals surface area contributed by atoms with Gasteiger partial charge in [-0.2, -0.15) is 0 Å². The van der Waals surface area contributed by atoms with E-state index in [2.05, 4.69) is 13.8 Å². The van der Waals surface area contributed by atoms with Crippen LogP contribution < -0.4 is 5.73 Å². The number of piperidine rings is 1. The fourth-order valence-electron chi connectivity index (χ4n) is 2.42. The van der Waals surface area contributed by atoms with Crippen LogP contribution in [0.3, 0.4) is 0 Å². The maximum absolute atomic E-state index is 12.2. The van der Waals surface area contributed by atoms with Crippen LogP contribution in [-0.4, -0.2) is 42.6 Å². The van der Waals surface area contributed by atoms with Crippen molar-refractivity contribution in [1.29, 1.82) is 0 Å². The number of hydrogen-bond donors (Lipinski definition) is 1. The summed E-state index contributed by atoms with van der Waals surface area (Å²) in [5.74, 6) is 0.0803. The van der Waals surface area contributed by atoms with E-state index >= 15 is 0 Å².